The average Bonchev–Trinajstić information content (AvgIpc) is 2.50. The molecule has 1 aromatic rings. The van der Waals surface area contributed by atoms with E-state index in [-0.39, 0.29) is 6.04 Å². The van der Waals surface area contributed by atoms with Gasteiger partial charge in [0.2, 0.25) is 0 Å². The van der Waals surface area contributed by atoms with Crippen LogP contribution in [-0.4, -0.2) is 37.2 Å². The number of nitrogens with zero attached hydrogens (tertiary/aromatic N) is 1. The van der Waals surface area contributed by atoms with Gasteiger partial charge in [-0.05, 0) is 57.3 Å². The molecule has 118 valence electrons. The second kappa shape index (κ2) is 8.40. The Labute approximate surface area is 129 Å². The van der Waals surface area contributed by atoms with Crippen molar-refractivity contribution in [2.75, 3.05) is 20.2 Å². The van der Waals surface area contributed by atoms with E-state index in [2.05, 4.69) is 37.1 Å². The van der Waals surface area contributed by atoms with Crippen LogP contribution < -0.4 is 10.5 Å². The van der Waals surface area contributed by atoms with Crippen LogP contribution in [0.4, 0.5) is 0 Å². The van der Waals surface area contributed by atoms with Gasteiger partial charge in [0, 0.05) is 12.1 Å². The fourth-order valence-electron chi connectivity index (χ4n) is 3.05. The summed E-state index contributed by atoms with van der Waals surface area (Å²) < 4.78 is 6.05. The van der Waals surface area contributed by atoms with E-state index in [1.807, 2.05) is 6.07 Å². The molecule has 2 N–H and O–H groups in total. The van der Waals surface area contributed by atoms with Crippen molar-refractivity contribution >= 4 is 0 Å². The molecular formula is C18H30N2O. The van der Waals surface area contributed by atoms with Gasteiger partial charge in [-0.2, -0.15) is 0 Å². The Hall–Kier alpha value is -1.06. The Morgan fingerprint density at radius 1 is 1.33 bits per heavy atom. The van der Waals surface area contributed by atoms with Gasteiger partial charge < -0.3 is 15.4 Å². The first-order valence-electron chi connectivity index (χ1n) is 8.37. The van der Waals surface area contributed by atoms with Crippen LogP contribution in [0, 0.1) is 0 Å². The van der Waals surface area contributed by atoms with E-state index >= 15 is 0 Å². The highest BCUT2D eigenvalue weighted by atomic mass is 16.5. The Morgan fingerprint density at radius 2 is 2.14 bits per heavy atom. The van der Waals surface area contributed by atoms with Gasteiger partial charge in [-0.25, -0.2) is 0 Å². The van der Waals surface area contributed by atoms with Crippen LogP contribution in [0.3, 0.4) is 0 Å². The second-order valence-electron chi connectivity index (χ2n) is 6.25. The van der Waals surface area contributed by atoms with Gasteiger partial charge in [0.05, 0.1) is 6.61 Å². The third-order valence-electron chi connectivity index (χ3n) is 4.61. The molecule has 1 aliphatic heterocycles. The van der Waals surface area contributed by atoms with Crippen LogP contribution in [-0.2, 0) is 6.42 Å². The molecule has 2 unspecified atom stereocenters. The molecule has 1 aromatic carbocycles. The predicted molar refractivity (Wildman–Crippen MR) is 88.8 cm³/mol. The molecule has 3 nitrogen and oxygen atoms in total. The lowest BCUT2D eigenvalue weighted by Crippen LogP contribution is -2.37. The number of likely N-dealkylation sites (tertiary alicyclic amines) is 1. The van der Waals surface area contributed by atoms with Crippen molar-refractivity contribution < 1.29 is 4.74 Å². The molecule has 21 heavy (non-hydrogen) atoms. The van der Waals surface area contributed by atoms with Gasteiger partial charge in [-0.3, -0.25) is 0 Å². The zero-order valence-corrected chi connectivity index (χ0v) is 13.6. The molecule has 0 saturated carbocycles. The molecule has 0 bridgehead atoms. The minimum atomic E-state index is 0.222. The molecular weight excluding hydrogens is 260 g/mol. The first-order valence-corrected chi connectivity index (χ1v) is 8.37. The number of para-hydroxylation sites is 1. The fraction of sp³-hybridized carbons (Fsp3) is 0.667. The van der Waals surface area contributed by atoms with Crippen molar-refractivity contribution in [3.63, 3.8) is 0 Å². The summed E-state index contributed by atoms with van der Waals surface area (Å²) in [4.78, 5) is 2.48. The molecule has 3 heteroatoms. The maximum absolute atomic E-state index is 6.08. The maximum Gasteiger partial charge on any atom is 0.122 e. The van der Waals surface area contributed by atoms with Crippen LogP contribution >= 0.6 is 0 Å². The van der Waals surface area contributed by atoms with Crippen LogP contribution in [0.2, 0.25) is 0 Å². The van der Waals surface area contributed by atoms with Gasteiger partial charge in [0.1, 0.15) is 5.75 Å². The number of piperidine rings is 1. The number of nitrogens with two attached hydrogens (primary N) is 1. The summed E-state index contributed by atoms with van der Waals surface area (Å²) in [5.41, 5.74) is 7.32. The van der Waals surface area contributed by atoms with Gasteiger partial charge in [-0.1, -0.05) is 31.5 Å². The van der Waals surface area contributed by atoms with Gasteiger partial charge in [0.25, 0.3) is 0 Å². The first-order chi connectivity index (χ1) is 10.2. The number of hydrogen-bond acceptors (Lipinski definition) is 3. The largest absolute Gasteiger partial charge is 0.493 e. The fourth-order valence-corrected chi connectivity index (χ4v) is 3.05. The summed E-state index contributed by atoms with van der Waals surface area (Å²) in [5, 5.41) is 0. The Kier molecular flexibility index (Phi) is 6.52. The molecule has 0 aromatic heterocycles. The minimum Gasteiger partial charge on any atom is -0.493 e. The molecule has 2 atom stereocenters. The molecule has 0 radical (unpaired) electrons. The lowest BCUT2D eigenvalue weighted by atomic mass is 10.0. The highest BCUT2D eigenvalue weighted by Gasteiger charge is 2.18. The quantitative estimate of drug-likeness (QED) is 0.838. The van der Waals surface area contributed by atoms with Crippen LogP contribution in [0.15, 0.2) is 24.3 Å². The lowest BCUT2D eigenvalue weighted by Gasteiger charge is -2.32. The van der Waals surface area contributed by atoms with Crippen molar-refractivity contribution in [2.45, 2.75) is 57.5 Å². The Balaban J connectivity index is 1.85. The first kappa shape index (κ1) is 16.3. The maximum atomic E-state index is 6.08. The zero-order chi connectivity index (χ0) is 15.1. The second-order valence-corrected chi connectivity index (χ2v) is 6.25. The van der Waals surface area contributed by atoms with Crippen molar-refractivity contribution in [3.8, 4) is 5.75 Å². The smallest absolute Gasteiger partial charge is 0.122 e. The van der Waals surface area contributed by atoms with Crippen molar-refractivity contribution in [1.29, 1.82) is 0 Å². The van der Waals surface area contributed by atoms with E-state index in [0.29, 0.717) is 6.04 Å². The van der Waals surface area contributed by atoms with E-state index in [4.69, 9.17) is 10.5 Å². The van der Waals surface area contributed by atoms with E-state index in [1.165, 1.54) is 31.4 Å². The number of ether oxygens (including phenoxy) is 1. The standard InChI is InChI=1S/C18H30N2O/c1-3-16(19)14-15-8-4-5-10-18(15)21-13-11-17-9-6-7-12-20(17)2/h4-5,8,10,16-17H,3,6-7,9,11-14,19H2,1-2H3. The van der Waals surface area contributed by atoms with Gasteiger partial charge in [0.15, 0.2) is 0 Å². The average molecular weight is 290 g/mol. The van der Waals surface area contributed by atoms with Crippen molar-refractivity contribution in [1.82, 2.24) is 4.90 Å². The third kappa shape index (κ3) is 5.01. The molecule has 0 aliphatic carbocycles. The molecule has 1 fully saturated rings. The molecule has 1 saturated heterocycles. The number of benzene rings is 1. The summed E-state index contributed by atoms with van der Waals surface area (Å²) in [5.74, 6) is 1.01. The van der Waals surface area contributed by atoms with Crippen molar-refractivity contribution in [3.05, 3.63) is 29.8 Å². The normalized spacial score (nSPS) is 21.2. The number of rotatable bonds is 7. The summed E-state index contributed by atoms with van der Waals surface area (Å²) >= 11 is 0. The highest BCUT2D eigenvalue weighted by molar-refractivity contribution is 5.33. The molecule has 2 rings (SSSR count). The molecule has 1 aliphatic rings. The molecule has 0 spiro atoms. The predicted octanol–water partition coefficient (Wildman–Crippen LogP) is 3.22. The van der Waals surface area contributed by atoms with E-state index in [9.17, 15) is 0 Å². The van der Waals surface area contributed by atoms with E-state index in [1.54, 1.807) is 0 Å². The topological polar surface area (TPSA) is 38.5 Å². The molecule has 1 heterocycles. The van der Waals surface area contributed by atoms with Crippen LogP contribution in [0.25, 0.3) is 0 Å². The van der Waals surface area contributed by atoms with Gasteiger partial charge >= 0.3 is 0 Å². The van der Waals surface area contributed by atoms with Gasteiger partial charge in [-0.15, -0.1) is 0 Å². The Morgan fingerprint density at radius 3 is 2.90 bits per heavy atom. The monoisotopic (exact) mass is 290 g/mol. The summed E-state index contributed by atoms with van der Waals surface area (Å²) in [6.07, 6.45) is 7.02. The zero-order valence-electron chi connectivity index (χ0n) is 13.6. The summed E-state index contributed by atoms with van der Waals surface area (Å²) in [6, 6.07) is 9.23. The number of hydrogen-bond donors (Lipinski definition) is 1. The third-order valence-corrected chi connectivity index (χ3v) is 4.61. The van der Waals surface area contributed by atoms with E-state index < -0.39 is 0 Å². The van der Waals surface area contributed by atoms with Crippen molar-refractivity contribution in [2.24, 2.45) is 5.73 Å². The Bertz CT molecular complexity index is 421. The highest BCUT2D eigenvalue weighted by Crippen LogP contribution is 2.22. The van der Waals surface area contributed by atoms with Crippen LogP contribution in [0.5, 0.6) is 5.75 Å². The molecule has 0 amide bonds. The summed E-state index contributed by atoms with van der Waals surface area (Å²) in [7, 11) is 2.23. The summed E-state index contributed by atoms with van der Waals surface area (Å²) in [6.45, 7) is 4.16. The SMILES string of the molecule is CCC(N)Cc1ccccc1OCCC1CCCCN1C. The van der Waals surface area contributed by atoms with E-state index in [0.717, 1.165) is 31.6 Å². The lowest BCUT2D eigenvalue weighted by molar-refractivity contribution is 0.152. The van der Waals surface area contributed by atoms with Crippen LogP contribution in [0.1, 0.15) is 44.6 Å². The minimum absolute atomic E-state index is 0.222.